The van der Waals surface area contributed by atoms with E-state index >= 15 is 0 Å². The van der Waals surface area contributed by atoms with E-state index < -0.39 is 23.4 Å². The van der Waals surface area contributed by atoms with Crippen molar-refractivity contribution in [1.29, 1.82) is 0 Å². The summed E-state index contributed by atoms with van der Waals surface area (Å²) in [6.07, 6.45) is 8.23. The van der Waals surface area contributed by atoms with E-state index in [1.165, 1.54) is 50.7 Å². The van der Waals surface area contributed by atoms with Crippen LogP contribution in [0.1, 0.15) is 84.2 Å². The number of rotatable bonds is 4. The highest BCUT2D eigenvalue weighted by molar-refractivity contribution is 6.02. The minimum absolute atomic E-state index is 0.0407. The zero-order valence-electron chi connectivity index (χ0n) is 24.0. The Morgan fingerprint density at radius 3 is 1.55 bits per heavy atom. The largest absolute Gasteiger partial charge is 0.507 e. The Bertz CT molecular complexity index is 1610. The van der Waals surface area contributed by atoms with Crippen LogP contribution in [0.4, 0.5) is 0 Å². The van der Waals surface area contributed by atoms with Gasteiger partial charge >= 0.3 is 11.9 Å². The Kier molecular flexibility index (Phi) is 6.50. The Balaban J connectivity index is 0.000000200. The number of fused-ring (bicyclic) bond motifs is 2. The van der Waals surface area contributed by atoms with E-state index in [2.05, 4.69) is 13.8 Å². The second kappa shape index (κ2) is 9.73. The first-order chi connectivity index (χ1) is 19.8. The molecule has 4 aliphatic rings. The number of carboxylic acids is 2. The molecular formula is C35H37NO6. The normalized spacial score (nSPS) is 27.5. The van der Waals surface area contributed by atoms with Gasteiger partial charge in [0.2, 0.25) is 0 Å². The summed E-state index contributed by atoms with van der Waals surface area (Å²) < 4.78 is 0. The van der Waals surface area contributed by atoms with Crippen molar-refractivity contribution < 1.29 is 30.0 Å². The number of nitrogens with two attached hydrogens (primary N) is 1. The molecule has 4 fully saturated rings. The van der Waals surface area contributed by atoms with E-state index in [-0.39, 0.29) is 23.1 Å². The van der Waals surface area contributed by atoms with Gasteiger partial charge in [0.15, 0.2) is 0 Å². The zero-order chi connectivity index (χ0) is 30.0. The predicted molar refractivity (Wildman–Crippen MR) is 162 cm³/mol. The predicted octanol–water partition coefficient (Wildman–Crippen LogP) is 7.09. The molecule has 42 heavy (non-hydrogen) atoms. The highest BCUT2D eigenvalue weighted by Crippen LogP contribution is 2.65. The monoisotopic (exact) mass is 567 g/mol. The molecule has 4 saturated carbocycles. The van der Waals surface area contributed by atoms with Crippen molar-refractivity contribution in [3.8, 4) is 11.5 Å². The van der Waals surface area contributed by atoms with Gasteiger partial charge in [-0.3, -0.25) is 0 Å². The summed E-state index contributed by atoms with van der Waals surface area (Å²) in [4.78, 5) is 23.2. The second-order valence-corrected chi connectivity index (χ2v) is 13.7. The van der Waals surface area contributed by atoms with Crippen LogP contribution in [-0.2, 0) is 6.42 Å². The van der Waals surface area contributed by atoms with Crippen LogP contribution in [0.3, 0.4) is 0 Å². The maximum Gasteiger partial charge on any atom is 0.339 e. The lowest BCUT2D eigenvalue weighted by atomic mass is 9.43. The van der Waals surface area contributed by atoms with E-state index in [1.54, 1.807) is 48.5 Å². The van der Waals surface area contributed by atoms with Crippen LogP contribution in [0.2, 0.25) is 0 Å². The standard InChI is InChI=1S/C23H16O6.C12H21N/c24-20-16(14-7-3-1-5-12(14)9-18(20)22(26)27)11-17-15-8-4-2-6-13(15)10-19(21(17)25)23(28)29;1-10-3-9-4-11(2,6-10)8-12(13,5-9)7-10/h1-10,24-25H,11H2,(H,26,27)(H,28,29);9H,3-8,13H2,1-2H3/t;9?,10-,11+,12?. The van der Waals surface area contributed by atoms with E-state index in [1.807, 2.05) is 0 Å². The van der Waals surface area contributed by atoms with Gasteiger partial charge in [-0.05, 0) is 89.0 Å². The molecule has 0 heterocycles. The third-order valence-corrected chi connectivity index (χ3v) is 9.74. The zero-order valence-corrected chi connectivity index (χ0v) is 24.0. The van der Waals surface area contributed by atoms with Gasteiger partial charge in [0.25, 0.3) is 0 Å². The molecule has 8 rings (SSSR count). The van der Waals surface area contributed by atoms with Crippen molar-refractivity contribution in [3.05, 3.63) is 82.9 Å². The molecule has 218 valence electrons. The number of hydrogen-bond acceptors (Lipinski definition) is 5. The van der Waals surface area contributed by atoms with Gasteiger partial charge in [-0.25, -0.2) is 9.59 Å². The number of carboxylic acid groups (broad SMARTS) is 2. The summed E-state index contributed by atoms with van der Waals surface area (Å²) in [6, 6.07) is 16.8. The highest BCUT2D eigenvalue weighted by atomic mass is 16.4. The lowest BCUT2D eigenvalue weighted by molar-refractivity contribution is -0.104. The van der Waals surface area contributed by atoms with Crippen LogP contribution in [0.5, 0.6) is 11.5 Å². The molecule has 4 atom stereocenters. The van der Waals surface area contributed by atoms with Crippen LogP contribution in [-0.4, -0.2) is 37.9 Å². The van der Waals surface area contributed by atoms with Gasteiger partial charge in [0, 0.05) is 23.1 Å². The summed E-state index contributed by atoms with van der Waals surface area (Å²) in [6.45, 7) is 4.94. The molecular weight excluding hydrogens is 530 g/mol. The molecule has 0 aromatic heterocycles. The van der Waals surface area contributed by atoms with Gasteiger partial charge in [0.1, 0.15) is 22.6 Å². The molecule has 0 spiro atoms. The van der Waals surface area contributed by atoms with Crippen LogP contribution in [0.15, 0.2) is 60.7 Å². The Labute approximate surface area is 244 Å². The van der Waals surface area contributed by atoms with E-state index in [0.29, 0.717) is 43.5 Å². The van der Waals surface area contributed by atoms with Crippen molar-refractivity contribution >= 4 is 33.5 Å². The molecule has 0 saturated heterocycles. The van der Waals surface area contributed by atoms with Gasteiger partial charge in [0.05, 0.1) is 0 Å². The van der Waals surface area contributed by atoms with Crippen molar-refractivity contribution in [2.45, 2.75) is 64.3 Å². The highest BCUT2D eigenvalue weighted by Gasteiger charge is 2.58. The van der Waals surface area contributed by atoms with Crippen LogP contribution in [0, 0.1) is 16.7 Å². The maximum absolute atomic E-state index is 11.6. The Morgan fingerprint density at radius 2 is 1.17 bits per heavy atom. The summed E-state index contributed by atoms with van der Waals surface area (Å²) in [5.41, 5.74) is 8.03. The SMILES string of the molecule is C[C@]12CC3CC(N)(C1)C[C@@](C)(C3)C2.O=C(O)c1cc2ccccc2c(Cc2c(O)c(C(=O)O)cc3ccccc23)c1O. The summed E-state index contributed by atoms with van der Waals surface area (Å²) in [7, 11) is 0. The topological polar surface area (TPSA) is 141 Å². The van der Waals surface area contributed by atoms with Gasteiger partial charge in [-0.15, -0.1) is 0 Å². The quantitative estimate of drug-likeness (QED) is 0.177. The molecule has 7 nitrogen and oxygen atoms in total. The summed E-state index contributed by atoms with van der Waals surface area (Å²) in [5, 5.41) is 42.8. The Morgan fingerprint density at radius 1 is 0.738 bits per heavy atom. The number of aromatic hydroxyl groups is 2. The fraction of sp³-hybridized carbons (Fsp3) is 0.371. The second-order valence-electron chi connectivity index (χ2n) is 13.7. The molecule has 4 aromatic rings. The van der Waals surface area contributed by atoms with Crippen molar-refractivity contribution in [2.24, 2.45) is 22.5 Å². The van der Waals surface area contributed by atoms with Crippen molar-refractivity contribution in [2.75, 3.05) is 0 Å². The number of benzene rings is 4. The first-order valence-electron chi connectivity index (χ1n) is 14.5. The summed E-state index contributed by atoms with van der Waals surface area (Å²) in [5.74, 6) is -2.40. The lowest BCUT2D eigenvalue weighted by Gasteiger charge is -2.64. The van der Waals surface area contributed by atoms with Crippen LogP contribution < -0.4 is 5.73 Å². The van der Waals surface area contributed by atoms with Crippen LogP contribution >= 0.6 is 0 Å². The van der Waals surface area contributed by atoms with Gasteiger partial charge < -0.3 is 26.2 Å². The maximum atomic E-state index is 11.6. The first kappa shape index (κ1) is 28.0. The molecule has 0 radical (unpaired) electrons. The van der Waals surface area contributed by atoms with Gasteiger partial charge in [-0.1, -0.05) is 62.4 Å². The number of aromatic carboxylic acids is 2. The molecule has 2 unspecified atom stereocenters. The average Bonchev–Trinajstić information content (AvgIpc) is 2.88. The minimum atomic E-state index is -1.28. The fourth-order valence-corrected chi connectivity index (χ4v) is 9.22. The molecule has 4 aliphatic carbocycles. The van der Waals surface area contributed by atoms with Crippen LogP contribution in [0.25, 0.3) is 21.5 Å². The number of phenols is 2. The third-order valence-electron chi connectivity index (χ3n) is 9.74. The molecule has 7 heteroatoms. The molecule has 6 N–H and O–H groups in total. The smallest absolute Gasteiger partial charge is 0.339 e. The molecule has 4 bridgehead atoms. The Hall–Kier alpha value is -4.10. The fourth-order valence-electron chi connectivity index (χ4n) is 9.22. The van der Waals surface area contributed by atoms with Crippen molar-refractivity contribution in [3.63, 3.8) is 0 Å². The van der Waals surface area contributed by atoms with Gasteiger partial charge in [-0.2, -0.15) is 0 Å². The summed E-state index contributed by atoms with van der Waals surface area (Å²) >= 11 is 0. The van der Waals surface area contributed by atoms with E-state index in [0.717, 1.165) is 5.92 Å². The molecule has 0 aliphatic heterocycles. The molecule has 4 aromatic carbocycles. The lowest BCUT2D eigenvalue weighted by Crippen LogP contribution is -2.62. The number of carbonyl (C=O) groups is 2. The van der Waals surface area contributed by atoms with E-state index in [4.69, 9.17) is 5.73 Å². The number of hydrogen-bond donors (Lipinski definition) is 5. The minimum Gasteiger partial charge on any atom is -0.507 e. The third kappa shape index (κ3) is 4.86. The van der Waals surface area contributed by atoms with Crippen molar-refractivity contribution in [1.82, 2.24) is 0 Å². The average molecular weight is 568 g/mol. The first-order valence-corrected chi connectivity index (χ1v) is 14.5. The van der Waals surface area contributed by atoms with E-state index in [9.17, 15) is 30.0 Å². The molecule has 0 amide bonds.